The van der Waals surface area contributed by atoms with Crippen molar-refractivity contribution in [3.8, 4) is 0 Å². The fraction of sp³-hybridized carbons (Fsp3) is 0.571. The molecule has 88 valence electrons. The molecule has 2 N–H and O–H groups in total. The average Bonchev–Trinajstić information content (AvgIpc) is 2.77. The highest BCUT2D eigenvalue weighted by Gasteiger charge is 2.31. The summed E-state index contributed by atoms with van der Waals surface area (Å²) in [5.41, 5.74) is 8.85. The number of methoxy groups -OCH3 is 1. The quantitative estimate of drug-likeness (QED) is 0.847. The molecule has 0 saturated heterocycles. The Labute approximate surface area is 97.8 Å². The number of rotatable bonds is 3. The van der Waals surface area contributed by atoms with E-state index in [1.165, 1.54) is 24.0 Å². The predicted octanol–water partition coefficient (Wildman–Crippen LogP) is 3.12. The van der Waals surface area contributed by atoms with E-state index in [4.69, 9.17) is 10.5 Å². The molecule has 1 unspecified atom stereocenters. The van der Waals surface area contributed by atoms with Gasteiger partial charge in [0.05, 0.1) is 6.10 Å². The standard InChI is InChI=1S/C14H21NO/c1-11(16-2)12-6-5-7-13(10-12)14(15)8-3-4-9-14/h5-7,10-11H,3-4,8-9,15H2,1-2H3. The summed E-state index contributed by atoms with van der Waals surface area (Å²) < 4.78 is 5.35. The third-order valence-corrected chi connectivity index (χ3v) is 3.78. The van der Waals surface area contributed by atoms with Gasteiger partial charge in [-0.05, 0) is 30.9 Å². The van der Waals surface area contributed by atoms with Gasteiger partial charge in [-0.2, -0.15) is 0 Å². The van der Waals surface area contributed by atoms with Gasteiger partial charge in [-0.25, -0.2) is 0 Å². The Morgan fingerprint density at radius 2 is 2.00 bits per heavy atom. The van der Waals surface area contributed by atoms with E-state index >= 15 is 0 Å². The van der Waals surface area contributed by atoms with E-state index in [1.54, 1.807) is 7.11 Å². The van der Waals surface area contributed by atoms with Crippen LogP contribution in [0.25, 0.3) is 0 Å². The second-order valence-electron chi connectivity index (χ2n) is 4.87. The zero-order valence-electron chi connectivity index (χ0n) is 10.2. The van der Waals surface area contributed by atoms with Crippen LogP contribution in [-0.4, -0.2) is 7.11 Å². The Balaban J connectivity index is 2.28. The van der Waals surface area contributed by atoms with E-state index in [-0.39, 0.29) is 11.6 Å². The second kappa shape index (κ2) is 4.56. The molecule has 0 spiro atoms. The predicted molar refractivity (Wildman–Crippen MR) is 66.2 cm³/mol. The van der Waals surface area contributed by atoms with Crippen LogP contribution in [0.3, 0.4) is 0 Å². The van der Waals surface area contributed by atoms with Crippen molar-refractivity contribution < 1.29 is 4.74 Å². The normalized spacial score (nSPS) is 20.9. The summed E-state index contributed by atoms with van der Waals surface area (Å²) in [5.74, 6) is 0. The summed E-state index contributed by atoms with van der Waals surface area (Å²) in [6, 6.07) is 8.56. The minimum absolute atomic E-state index is 0.0938. The third-order valence-electron chi connectivity index (χ3n) is 3.78. The summed E-state index contributed by atoms with van der Waals surface area (Å²) >= 11 is 0. The van der Waals surface area contributed by atoms with Crippen LogP contribution in [0.4, 0.5) is 0 Å². The van der Waals surface area contributed by atoms with E-state index in [0.29, 0.717) is 0 Å². The maximum atomic E-state index is 6.45. The topological polar surface area (TPSA) is 35.2 Å². The van der Waals surface area contributed by atoms with E-state index in [1.807, 2.05) is 0 Å². The molecule has 1 saturated carbocycles. The molecule has 0 radical (unpaired) electrons. The Morgan fingerprint density at radius 3 is 2.62 bits per heavy atom. The summed E-state index contributed by atoms with van der Waals surface area (Å²) in [4.78, 5) is 0. The largest absolute Gasteiger partial charge is 0.377 e. The molecule has 2 rings (SSSR count). The number of ether oxygens (including phenoxy) is 1. The molecule has 1 aliphatic rings. The highest BCUT2D eigenvalue weighted by Crippen LogP contribution is 2.37. The van der Waals surface area contributed by atoms with E-state index in [9.17, 15) is 0 Å². The van der Waals surface area contributed by atoms with Gasteiger partial charge in [0, 0.05) is 12.6 Å². The molecule has 16 heavy (non-hydrogen) atoms. The Kier molecular flexibility index (Phi) is 3.31. The lowest BCUT2D eigenvalue weighted by molar-refractivity contribution is 0.119. The van der Waals surface area contributed by atoms with Crippen molar-refractivity contribution in [1.29, 1.82) is 0 Å². The number of nitrogens with two attached hydrogens (primary N) is 1. The zero-order valence-corrected chi connectivity index (χ0v) is 10.2. The smallest absolute Gasteiger partial charge is 0.0793 e. The second-order valence-corrected chi connectivity index (χ2v) is 4.87. The van der Waals surface area contributed by atoms with E-state index in [0.717, 1.165) is 12.8 Å². The highest BCUT2D eigenvalue weighted by molar-refractivity contribution is 5.31. The molecule has 2 nitrogen and oxygen atoms in total. The van der Waals surface area contributed by atoms with Gasteiger partial charge in [0.25, 0.3) is 0 Å². The maximum absolute atomic E-state index is 6.45. The fourth-order valence-corrected chi connectivity index (χ4v) is 2.53. The van der Waals surface area contributed by atoms with Crippen molar-refractivity contribution >= 4 is 0 Å². The first-order valence-electron chi connectivity index (χ1n) is 6.08. The minimum Gasteiger partial charge on any atom is -0.377 e. The Hall–Kier alpha value is -0.860. The number of benzene rings is 1. The van der Waals surface area contributed by atoms with Crippen LogP contribution in [0.15, 0.2) is 24.3 Å². The zero-order chi connectivity index (χ0) is 11.6. The van der Waals surface area contributed by atoms with Gasteiger partial charge in [-0.15, -0.1) is 0 Å². The van der Waals surface area contributed by atoms with Gasteiger partial charge in [-0.3, -0.25) is 0 Å². The van der Waals surface area contributed by atoms with Crippen molar-refractivity contribution in [3.05, 3.63) is 35.4 Å². The lowest BCUT2D eigenvalue weighted by Crippen LogP contribution is -2.33. The van der Waals surface area contributed by atoms with Crippen molar-refractivity contribution in [2.45, 2.75) is 44.2 Å². The molecule has 2 heteroatoms. The summed E-state index contributed by atoms with van der Waals surface area (Å²) in [7, 11) is 1.74. The van der Waals surface area contributed by atoms with E-state index < -0.39 is 0 Å². The molecular weight excluding hydrogens is 198 g/mol. The van der Waals surface area contributed by atoms with Crippen LogP contribution in [0, 0.1) is 0 Å². The Bertz CT molecular complexity index is 356. The molecule has 0 amide bonds. The first-order chi connectivity index (χ1) is 7.65. The van der Waals surface area contributed by atoms with Crippen LogP contribution < -0.4 is 5.73 Å². The number of hydrogen-bond donors (Lipinski definition) is 1. The monoisotopic (exact) mass is 219 g/mol. The van der Waals surface area contributed by atoms with Crippen LogP contribution >= 0.6 is 0 Å². The molecule has 0 aromatic heterocycles. The Morgan fingerprint density at radius 1 is 1.31 bits per heavy atom. The SMILES string of the molecule is COC(C)c1cccc(C2(N)CCCC2)c1. The fourth-order valence-electron chi connectivity index (χ4n) is 2.53. The first kappa shape index (κ1) is 11.6. The van der Waals surface area contributed by atoms with Crippen molar-refractivity contribution in [2.24, 2.45) is 5.73 Å². The van der Waals surface area contributed by atoms with Gasteiger partial charge < -0.3 is 10.5 Å². The van der Waals surface area contributed by atoms with Crippen LogP contribution in [-0.2, 0) is 10.3 Å². The lowest BCUT2D eigenvalue weighted by atomic mass is 9.88. The maximum Gasteiger partial charge on any atom is 0.0793 e. The number of hydrogen-bond acceptors (Lipinski definition) is 2. The molecule has 1 aromatic rings. The summed E-state index contributed by atoms with van der Waals surface area (Å²) in [5, 5.41) is 0. The van der Waals surface area contributed by atoms with Gasteiger partial charge >= 0.3 is 0 Å². The molecule has 0 heterocycles. The van der Waals surface area contributed by atoms with Crippen molar-refractivity contribution in [1.82, 2.24) is 0 Å². The van der Waals surface area contributed by atoms with Crippen molar-refractivity contribution in [2.75, 3.05) is 7.11 Å². The molecule has 0 bridgehead atoms. The van der Waals surface area contributed by atoms with Crippen molar-refractivity contribution in [3.63, 3.8) is 0 Å². The minimum atomic E-state index is -0.0938. The highest BCUT2D eigenvalue weighted by atomic mass is 16.5. The van der Waals surface area contributed by atoms with Gasteiger partial charge in [0.1, 0.15) is 0 Å². The summed E-state index contributed by atoms with van der Waals surface area (Å²) in [6.07, 6.45) is 4.86. The van der Waals surface area contributed by atoms with E-state index in [2.05, 4.69) is 31.2 Å². The van der Waals surface area contributed by atoms with Gasteiger partial charge in [0.2, 0.25) is 0 Å². The van der Waals surface area contributed by atoms with Crippen LogP contribution in [0.2, 0.25) is 0 Å². The molecule has 1 atom stereocenters. The van der Waals surface area contributed by atoms with Crippen LogP contribution in [0.1, 0.15) is 49.8 Å². The molecule has 1 fully saturated rings. The molecular formula is C14H21NO. The van der Waals surface area contributed by atoms with Gasteiger partial charge in [-0.1, -0.05) is 37.1 Å². The van der Waals surface area contributed by atoms with Crippen LogP contribution in [0.5, 0.6) is 0 Å². The van der Waals surface area contributed by atoms with Gasteiger partial charge in [0.15, 0.2) is 0 Å². The lowest BCUT2D eigenvalue weighted by Gasteiger charge is -2.25. The molecule has 1 aromatic carbocycles. The summed E-state index contributed by atoms with van der Waals surface area (Å²) in [6.45, 7) is 2.07. The first-order valence-corrected chi connectivity index (χ1v) is 6.08. The third kappa shape index (κ3) is 2.13. The average molecular weight is 219 g/mol. The molecule has 0 aliphatic heterocycles. The molecule has 1 aliphatic carbocycles.